The predicted molar refractivity (Wildman–Crippen MR) is 83.1 cm³/mol. The summed E-state index contributed by atoms with van der Waals surface area (Å²) in [6.07, 6.45) is 3.95. The third-order valence-corrected chi connectivity index (χ3v) is 4.98. The van der Waals surface area contributed by atoms with Crippen LogP contribution in [0.3, 0.4) is 0 Å². The second kappa shape index (κ2) is 5.48. The Kier molecular flexibility index (Phi) is 3.68. The fourth-order valence-corrected chi connectivity index (χ4v) is 3.43. The molecule has 1 aliphatic carbocycles. The summed E-state index contributed by atoms with van der Waals surface area (Å²) < 4.78 is 23.4. The Labute approximate surface area is 125 Å². The van der Waals surface area contributed by atoms with Crippen LogP contribution in [0.1, 0.15) is 17.9 Å². The molecule has 4 nitrogen and oxygen atoms in total. The third kappa shape index (κ3) is 3.24. The number of pyridine rings is 1. The van der Waals surface area contributed by atoms with E-state index in [4.69, 9.17) is 0 Å². The molecule has 0 saturated heterocycles. The number of sulfone groups is 1. The van der Waals surface area contributed by atoms with Crippen molar-refractivity contribution >= 4 is 15.7 Å². The maximum absolute atomic E-state index is 11.7. The Hall–Kier alpha value is -1.88. The van der Waals surface area contributed by atoms with Crippen molar-refractivity contribution in [3.05, 3.63) is 54.2 Å². The largest absolute Gasteiger partial charge is 0.369 e. The van der Waals surface area contributed by atoms with Crippen LogP contribution in [0.2, 0.25) is 0 Å². The maximum Gasteiger partial charge on any atom is 0.179 e. The van der Waals surface area contributed by atoms with Crippen molar-refractivity contribution in [2.45, 2.75) is 17.2 Å². The molecule has 21 heavy (non-hydrogen) atoms. The van der Waals surface area contributed by atoms with Gasteiger partial charge in [0.25, 0.3) is 0 Å². The number of nitrogens with zero attached hydrogens (tertiary/aromatic N) is 1. The summed E-state index contributed by atoms with van der Waals surface area (Å²) in [7, 11) is -3.25. The summed E-state index contributed by atoms with van der Waals surface area (Å²) in [5.41, 5.74) is 1.36. The van der Waals surface area contributed by atoms with Crippen LogP contribution in [0.5, 0.6) is 0 Å². The second-order valence-corrected chi connectivity index (χ2v) is 7.50. The molecule has 1 fully saturated rings. The van der Waals surface area contributed by atoms with Crippen LogP contribution >= 0.6 is 0 Å². The van der Waals surface area contributed by atoms with E-state index >= 15 is 0 Å². The first-order valence-corrected chi connectivity index (χ1v) is 8.89. The van der Waals surface area contributed by atoms with Crippen LogP contribution in [-0.2, 0) is 9.84 Å². The van der Waals surface area contributed by atoms with E-state index in [0.29, 0.717) is 17.7 Å². The number of hydrogen-bond donors (Lipinski definition) is 1. The van der Waals surface area contributed by atoms with Crippen LogP contribution < -0.4 is 5.32 Å². The van der Waals surface area contributed by atoms with Crippen LogP contribution in [-0.4, -0.2) is 26.2 Å². The van der Waals surface area contributed by atoms with Gasteiger partial charge in [0.15, 0.2) is 9.84 Å². The van der Waals surface area contributed by atoms with Gasteiger partial charge in [-0.05, 0) is 36.0 Å². The molecule has 1 saturated carbocycles. The van der Waals surface area contributed by atoms with Gasteiger partial charge in [-0.25, -0.2) is 13.4 Å². The van der Waals surface area contributed by atoms with Crippen LogP contribution in [0.4, 0.5) is 5.82 Å². The molecular formula is C16H18N2O2S. The topological polar surface area (TPSA) is 59.1 Å². The van der Waals surface area contributed by atoms with Crippen molar-refractivity contribution in [2.24, 2.45) is 5.92 Å². The molecule has 110 valence electrons. The number of benzene rings is 1. The first kappa shape index (κ1) is 14.1. The minimum atomic E-state index is -3.25. The number of anilines is 1. The van der Waals surface area contributed by atoms with Gasteiger partial charge in [0.1, 0.15) is 10.7 Å². The van der Waals surface area contributed by atoms with Gasteiger partial charge >= 0.3 is 0 Å². The molecule has 0 amide bonds. The van der Waals surface area contributed by atoms with E-state index in [2.05, 4.69) is 34.6 Å². The average Bonchev–Trinajstić information content (AvgIpc) is 3.25. The molecule has 1 aliphatic rings. The van der Waals surface area contributed by atoms with Crippen LogP contribution in [0.15, 0.2) is 53.6 Å². The number of nitrogens with one attached hydrogen (secondary N) is 1. The number of rotatable bonds is 5. The summed E-state index contributed by atoms with van der Waals surface area (Å²) in [6.45, 7) is 0.749. The molecule has 1 heterocycles. The molecule has 2 aromatic rings. The summed E-state index contributed by atoms with van der Waals surface area (Å²) in [5.74, 6) is 1.57. The molecule has 3 rings (SSSR count). The van der Waals surface area contributed by atoms with E-state index in [1.54, 1.807) is 18.3 Å². The Morgan fingerprint density at radius 2 is 1.95 bits per heavy atom. The highest BCUT2D eigenvalue weighted by Gasteiger charge is 2.37. The zero-order valence-electron chi connectivity index (χ0n) is 11.9. The molecule has 2 unspecified atom stereocenters. The minimum Gasteiger partial charge on any atom is -0.369 e. The molecule has 0 bridgehead atoms. The number of aromatic nitrogens is 1. The fourth-order valence-electron chi connectivity index (χ4n) is 2.63. The first-order valence-electron chi connectivity index (χ1n) is 6.99. The number of hydrogen-bond acceptors (Lipinski definition) is 4. The van der Waals surface area contributed by atoms with Gasteiger partial charge in [-0.15, -0.1) is 0 Å². The van der Waals surface area contributed by atoms with Crippen LogP contribution in [0.25, 0.3) is 0 Å². The Morgan fingerprint density at radius 3 is 2.67 bits per heavy atom. The zero-order valence-corrected chi connectivity index (χ0v) is 12.7. The van der Waals surface area contributed by atoms with E-state index < -0.39 is 9.84 Å². The van der Waals surface area contributed by atoms with Gasteiger partial charge in [0.2, 0.25) is 0 Å². The van der Waals surface area contributed by atoms with E-state index in [0.717, 1.165) is 13.0 Å². The van der Waals surface area contributed by atoms with Crippen LogP contribution in [0, 0.1) is 5.92 Å². The van der Waals surface area contributed by atoms with E-state index in [1.807, 2.05) is 6.07 Å². The molecule has 1 aromatic carbocycles. The quantitative estimate of drug-likeness (QED) is 0.922. The summed E-state index contributed by atoms with van der Waals surface area (Å²) in [6, 6.07) is 13.7. The van der Waals surface area contributed by atoms with Crippen molar-refractivity contribution < 1.29 is 8.42 Å². The smallest absolute Gasteiger partial charge is 0.179 e. The lowest BCUT2D eigenvalue weighted by atomic mass is 10.1. The molecule has 2 atom stereocenters. The lowest BCUT2D eigenvalue weighted by Gasteiger charge is -2.09. The molecule has 0 spiro atoms. The molecule has 1 aromatic heterocycles. The SMILES string of the molecule is CS(=O)(=O)c1cccnc1NCC1CC1c1ccccc1. The van der Waals surface area contributed by atoms with E-state index in [1.165, 1.54) is 11.8 Å². The van der Waals surface area contributed by atoms with Crippen molar-refractivity contribution in [1.29, 1.82) is 0 Å². The normalized spacial score (nSPS) is 21.0. The average molecular weight is 302 g/mol. The molecule has 0 aliphatic heterocycles. The lowest BCUT2D eigenvalue weighted by Crippen LogP contribution is -2.10. The molecular weight excluding hydrogens is 284 g/mol. The zero-order chi connectivity index (χ0) is 14.9. The van der Waals surface area contributed by atoms with Gasteiger partial charge in [-0.1, -0.05) is 30.3 Å². The van der Waals surface area contributed by atoms with Gasteiger partial charge in [-0.2, -0.15) is 0 Å². The summed E-state index contributed by atoms with van der Waals surface area (Å²) in [5, 5.41) is 3.19. The Bertz CT molecular complexity index is 729. The minimum absolute atomic E-state index is 0.266. The van der Waals surface area contributed by atoms with Crippen molar-refractivity contribution in [3.8, 4) is 0 Å². The van der Waals surface area contributed by atoms with Gasteiger partial charge in [0.05, 0.1) is 0 Å². The second-order valence-electron chi connectivity index (χ2n) is 5.52. The van der Waals surface area contributed by atoms with Crippen molar-refractivity contribution in [3.63, 3.8) is 0 Å². The monoisotopic (exact) mass is 302 g/mol. The Morgan fingerprint density at radius 1 is 1.19 bits per heavy atom. The highest BCUT2D eigenvalue weighted by atomic mass is 32.2. The highest BCUT2D eigenvalue weighted by Crippen LogP contribution is 2.47. The standard InChI is InChI=1S/C16H18N2O2S/c1-21(19,20)15-8-5-9-17-16(15)18-11-13-10-14(13)12-6-3-2-4-7-12/h2-9,13-14H,10-11H2,1H3,(H,17,18). The first-order chi connectivity index (χ1) is 10.1. The van der Waals surface area contributed by atoms with Gasteiger partial charge < -0.3 is 5.32 Å². The molecule has 1 N–H and O–H groups in total. The summed E-state index contributed by atoms with van der Waals surface area (Å²) >= 11 is 0. The predicted octanol–water partition coefficient (Wildman–Crippen LogP) is 2.70. The molecule has 5 heteroatoms. The molecule has 0 radical (unpaired) electrons. The van der Waals surface area contributed by atoms with Crippen molar-refractivity contribution in [1.82, 2.24) is 4.98 Å². The van der Waals surface area contributed by atoms with E-state index in [-0.39, 0.29) is 4.90 Å². The van der Waals surface area contributed by atoms with Gasteiger partial charge in [-0.3, -0.25) is 0 Å². The van der Waals surface area contributed by atoms with Crippen molar-refractivity contribution in [2.75, 3.05) is 18.1 Å². The Balaban J connectivity index is 1.66. The highest BCUT2D eigenvalue weighted by molar-refractivity contribution is 7.90. The fraction of sp³-hybridized carbons (Fsp3) is 0.312. The van der Waals surface area contributed by atoms with E-state index in [9.17, 15) is 8.42 Å². The third-order valence-electron chi connectivity index (χ3n) is 3.85. The maximum atomic E-state index is 11.7. The lowest BCUT2D eigenvalue weighted by molar-refractivity contribution is 0.601. The summed E-state index contributed by atoms with van der Waals surface area (Å²) in [4.78, 5) is 4.42. The van der Waals surface area contributed by atoms with Gasteiger partial charge in [0, 0.05) is 19.0 Å².